The van der Waals surface area contributed by atoms with E-state index in [9.17, 15) is 9.59 Å². The van der Waals surface area contributed by atoms with Crippen molar-refractivity contribution in [1.82, 2.24) is 14.5 Å². The topological polar surface area (TPSA) is 89.4 Å². The molecule has 8 heteroatoms. The van der Waals surface area contributed by atoms with E-state index >= 15 is 0 Å². The Labute approximate surface area is 180 Å². The molecule has 1 N–H and O–H groups in total. The van der Waals surface area contributed by atoms with Crippen molar-refractivity contribution in [2.24, 2.45) is 0 Å². The van der Waals surface area contributed by atoms with Crippen LogP contribution < -0.4 is 10.2 Å². The highest BCUT2D eigenvalue weighted by molar-refractivity contribution is 6.06. The minimum atomic E-state index is -0.257. The Morgan fingerprint density at radius 3 is 2.77 bits per heavy atom. The van der Waals surface area contributed by atoms with Crippen molar-refractivity contribution in [2.75, 3.05) is 23.4 Å². The van der Waals surface area contributed by atoms with Gasteiger partial charge in [0.25, 0.3) is 5.91 Å². The highest BCUT2D eigenvalue weighted by Gasteiger charge is 2.29. The zero-order valence-electron chi connectivity index (χ0n) is 17.5. The number of ether oxygens (including phenoxy) is 1. The Morgan fingerprint density at radius 2 is 2.00 bits per heavy atom. The van der Waals surface area contributed by atoms with Gasteiger partial charge in [-0.25, -0.2) is 9.97 Å². The summed E-state index contributed by atoms with van der Waals surface area (Å²) in [4.78, 5) is 35.8. The number of anilines is 2. The summed E-state index contributed by atoms with van der Waals surface area (Å²) in [5.41, 5.74) is 3.37. The van der Waals surface area contributed by atoms with Gasteiger partial charge < -0.3 is 19.5 Å². The van der Waals surface area contributed by atoms with Crippen molar-refractivity contribution < 1.29 is 14.3 Å². The third-order valence-corrected chi connectivity index (χ3v) is 6.13. The van der Waals surface area contributed by atoms with E-state index < -0.39 is 0 Å². The molecule has 2 fully saturated rings. The summed E-state index contributed by atoms with van der Waals surface area (Å²) >= 11 is 0. The molecular formula is C23H25N5O3. The first-order valence-corrected chi connectivity index (χ1v) is 10.7. The van der Waals surface area contributed by atoms with Crippen LogP contribution in [0.1, 0.15) is 49.0 Å². The van der Waals surface area contributed by atoms with E-state index in [1.54, 1.807) is 23.5 Å². The Kier molecular flexibility index (Phi) is 5.15. The average molecular weight is 419 g/mol. The molecule has 0 spiro atoms. The lowest BCUT2D eigenvalue weighted by molar-refractivity contribution is -0.117. The van der Waals surface area contributed by atoms with Gasteiger partial charge in [0, 0.05) is 49.3 Å². The highest BCUT2D eigenvalue weighted by atomic mass is 16.5. The molecule has 160 valence electrons. The molecule has 1 aromatic carbocycles. The fourth-order valence-corrected chi connectivity index (χ4v) is 4.44. The quantitative estimate of drug-likeness (QED) is 0.699. The van der Waals surface area contributed by atoms with Crippen molar-refractivity contribution in [3.05, 3.63) is 48.4 Å². The van der Waals surface area contributed by atoms with Crippen molar-refractivity contribution in [2.45, 2.75) is 44.7 Å². The maximum absolute atomic E-state index is 12.8. The molecular weight excluding hydrogens is 394 g/mol. The molecule has 1 unspecified atom stereocenters. The van der Waals surface area contributed by atoms with Crippen LogP contribution in [0.4, 0.5) is 11.4 Å². The Bertz CT molecular complexity index is 1140. The van der Waals surface area contributed by atoms with Crippen LogP contribution in [0.2, 0.25) is 0 Å². The number of nitrogens with zero attached hydrogens (tertiary/aromatic N) is 4. The maximum Gasteiger partial charge on any atom is 0.257 e. The standard InChI is InChI=1S/C23H25N5O3/c1-15-5-6-21(29)28(15)19-4-2-3-17(12-19)26-23(30)16-11-20-22(24-13-16)27(14-25-20)18-7-9-31-10-8-18/h2-4,11-15,18H,5-10H2,1H3,(H,26,30). The van der Waals surface area contributed by atoms with Gasteiger partial charge in [0.15, 0.2) is 5.65 Å². The van der Waals surface area contributed by atoms with Gasteiger partial charge in [-0.05, 0) is 50.5 Å². The number of rotatable bonds is 4. The molecule has 0 saturated carbocycles. The third-order valence-electron chi connectivity index (χ3n) is 6.13. The van der Waals surface area contributed by atoms with Crippen LogP contribution in [0, 0.1) is 0 Å². The van der Waals surface area contributed by atoms with Gasteiger partial charge >= 0.3 is 0 Å². The van der Waals surface area contributed by atoms with Gasteiger partial charge in [-0.1, -0.05) is 6.07 Å². The lowest BCUT2D eigenvalue weighted by Gasteiger charge is -2.23. The summed E-state index contributed by atoms with van der Waals surface area (Å²) in [6.07, 6.45) is 6.66. The molecule has 8 nitrogen and oxygen atoms in total. The lowest BCUT2D eigenvalue weighted by Crippen LogP contribution is -2.30. The van der Waals surface area contributed by atoms with Gasteiger partial charge in [0.1, 0.15) is 5.52 Å². The summed E-state index contributed by atoms with van der Waals surface area (Å²) in [5, 5.41) is 2.92. The monoisotopic (exact) mass is 419 g/mol. The molecule has 31 heavy (non-hydrogen) atoms. The van der Waals surface area contributed by atoms with Crippen LogP contribution in [0.3, 0.4) is 0 Å². The molecule has 3 aromatic rings. The number of benzene rings is 1. The fourth-order valence-electron chi connectivity index (χ4n) is 4.44. The van der Waals surface area contributed by atoms with Crippen LogP contribution in [0.25, 0.3) is 11.2 Å². The number of carbonyl (C=O) groups excluding carboxylic acids is 2. The Balaban J connectivity index is 1.35. The SMILES string of the molecule is CC1CCC(=O)N1c1cccc(NC(=O)c2cnc3c(c2)ncn3C2CCOCC2)c1. The zero-order chi connectivity index (χ0) is 21.4. The number of hydrogen-bond donors (Lipinski definition) is 1. The van der Waals surface area contributed by atoms with E-state index in [1.807, 2.05) is 31.2 Å². The summed E-state index contributed by atoms with van der Waals surface area (Å²) in [6.45, 7) is 3.52. The molecule has 2 aliphatic heterocycles. The third kappa shape index (κ3) is 3.79. The molecule has 0 bridgehead atoms. The summed E-state index contributed by atoms with van der Waals surface area (Å²) in [6, 6.07) is 9.65. The Hall–Kier alpha value is -3.26. The number of carbonyl (C=O) groups is 2. The van der Waals surface area contributed by atoms with E-state index in [0.717, 1.165) is 43.8 Å². The summed E-state index contributed by atoms with van der Waals surface area (Å²) in [7, 11) is 0. The number of pyridine rings is 1. The van der Waals surface area contributed by atoms with Crippen LogP contribution in [0.15, 0.2) is 42.9 Å². The van der Waals surface area contributed by atoms with Crippen molar-refractivity contribution in [3.63, 3.8) is 0 Å². The molecule has 2 saturated heterocycles. The first-order chi connectivity index (χ1) is 15.1. The van der Waals surface area contributed by atoms with Crippen LogP contribution >= 0.6 is 0 Å². The first-order valence-electron chi connectivity index (χ1n) is 10.7. The van der Waals surface area contributed by atoms with Crippen molar-refractivity contribution >= 4 is 34.4 Å². The molecule has 4 heterocycles. The van der Waals surface area contributed by atoms with Crippen LogP contribution in [-0.2, 0) is 9.53 Å². The van der Waals surface area contributed by atoms with Crippen molar-refractivity contribution in [3.8, 4) is 0 Å². The molecule has 2 aromatic heterocycles. The summed E-state index contributed by atoms with van der Waals surface area (Å²) in [5.74, 6) is -0.140. The number of aromatic nitrogens is 3. The smallest absolute Gasteiger partial charge is 0.257 e. The zero-order valence-corrected chi connectivity index (χ0v) is 17.5. The second-order valence-electron chi connectivity index (χ2n) is 8.22. The molecule has 2 amide bonds. The number of imidazole rings is 1. The number of hydrogen-bond acceptors (Lipinski definition) is 5. The van der Waals surface area contributed by atoms with E-state index in [-0.39, 0.29) is 17.9 Å². The van der Waals surface area contributed by atoms with Crippen molar-refractivity contribution in [1.29, 1.82) is 0 Å². The van der Waals surface area contributed by atoms with Crippen LogP contribution in [-0.4, -0.2) is 45.6 Å². The fraction of sp³-hybridized carbons (Fsp3) is 0.391. The van der Waals surface area contributed by atoms with Gasteiger partial charge in [-0.2, -0.15) is 0 Å². The van der Waals surface area contributed by atoms with E-state index in [0.29, 0.717) is 29.2 Å². The minimum absolute atomic E-state index is 0.116. The normalized spacial score (nSPS) is 19.8. The molecule has 2 aliphatic rings. The predicted molar refractivity (Wildman–Crippen MR) is 117 cm³/mol. The molecule has 0 radical (unpaired) electrons. The van der Waals surface area contributed by atoms with E-state index in [4.69, 9.17) is 4.74 Å². The van der Waals surface area contributed by atoms with E-state index in [1.165, 1.54) is 0 Å². The first kappa shape index (κ1) is 19.7. The van der Waals surface area contributed by atoms with Gasteiger partial charge in [-0.15, -0.1) is 0 Å². The highest BCUT2D eigenvalue weighted by Crippen LogP contribution is 2.29. The molecule has 5 rings (SSSR count). The number of nitrogens with one attached hydrogen (secondary N) is 1. The largest absolute Gasteiger partial charge is 0.381 e. The van der Waals surface area contributed by atoms with Gasteiger partial charge in [-0.3, -0.25) is 9.59 Å². The van der Waals surface area contributed by atoms with E-state index in [2.05, 4.69) is 19.9 Å². The predicted octanol–water partition coefficient (Wildman–Crippen LogP) is 3.55. The van der Waals surface area contributed by atoms with Gasteiger partial charge in [0.2, 0.25) is 5.91 Å². The molecule has 0 aliphatic carbocycles. The maximum atomic E-state index is 12.8. The Morgan fingerprint density at radius 1 is 1.16 bits per heavy atom. The average Bonchev–Trinajstić information content (AvgIpc) is 3.36. The van der Waals surface area contributed by atoms with Crippen LogP contribution in [0.5, 0.6) is 0 Å². The molecule has 1 atom stereocenters. The summed E-state index contributed by atoms with van der Waals surface area (Å²) < 4.78 is 7.52. The lowest BCUT2D eigenvalue weighted by atomic mass is 10.1. The second-order valence-corrected chi connectivity index (χ2v) is 8.22. The van der Waals surface area contributed by atoms with Gasteiger partial charge in [0.05, 0.1) is 11.9 Å². The number of fused-ring (bicyclic) bond motifs is 1. The number of amides is 2. The minimum Gasteiger partial charge on any atom is -0.381 e. The second kappa shape index (κ2) is 8.11.